The normalized spacial score (nSPS) is 26.3. The first-order chi connectivity index (χ1) is 9.44. The molecule has 1 aliphatic carbocycles. The van der Waals surface area contributed by atoms with Gasteiger partial charge in [0.1, 0.15) is 0 Å². The molecule has 2 fully saturated rings. The number of nitrogens with two attached hydrogens (primary N) is 2. The minimum absolute atomic E-state index is 0.391. The van der Waals surface area contributed by atoms with E-state index in [2.05, 4.69) is 4.90 Å². The van der Waals surface area contributed by atoms with Gasteiger partial charge in [0.05, 0.1) is 5.54 Å². The highest BCUT2D eigenvalue weighted by Crippen LogP contribution is 2.44. The van der Waals surface area contributed by atoms with Gasteiger partial charge in [0, 0.05) is 0 Å². The molecule has 4 N–H and O–H groups in total. The number of primary amides is 1. The summed E-state index contributed by atoms with van der Waals surface area (Å²) in [6, 6.07) is 0. The molecule has 1 saturated heterocycles. The van der Waals surface area contributed by atoms with E-state index in [1.54, 1.807) is 6.92 Å². The Kier molecular flexibility index (Phi) is 5.08. The van der Waals surface area contributed by atoms with E-state index in [4.69, 9.17) is 11.5 Å². The van der Waals surface area contributed by atoms with Crippen molar-refractivity contribution < 1.29 is 4.79 Å². The molecule has 2 aliphatic rings. The maximum Gasteiger partial charge on any atom is 0.237 e. The van der Waals surface area contributed by atoms with Crippen LogP contribution in [0.25, 0.3) is 0 Å². The molecule has 1 aliphatic heterocycles. The molecule has 1 unspecified atom stereocenters. The van der Waals surface area contributed by atoms with E-state index in [9.17, 15) is 4.79 Å². The zero-order valence-corrected chi connectivity index (χ0v) is 13.0. The fourth-order valence-corrected chi connectivity index (χ4v) is 3.85. The van der Waals surface area contributed by atoms with E-state index in [0.717, 1.165) is 13.0 Å². The Labute approximate surface area is 123 Å². The second-order valence-electron chi connectivity index (χ2n) is 7.29. The number of rotatable bonds is 5. The predicted molar refractivity (Wildman–Crippen MR) is 82.2 cm³/mol. The maximum atomic E-state index is 11.2. The summed E-state index contributed by atoms with van der Waals surface area (Å²) in [7, 11) is 0. The zero-order chi connectivity index (χ0) is 14.6. The van der Waals surface area contributed by atoms with Crippen LogP contribution in [-0.4, -0.2) is 36.0 Å². The first-order valence-electron chi connectivity index (χ1n) is 8.25. The number of amides is 1. The van der Waals surface area contributed by atoms with Gasteiger partial charge >= 0.3 is 0 Å². The Morgan fingerprint density at radius 3 is 2.30 bits per heavy atom. The van der Waals surface area contributed by atoms with Crippen LogP contribution in [0, 0.1) is 5.41 Å². The molecule has 20 heavy (non-hydrogen) atoms. The minimum Gasteiger partial charge on any atom is -0.368 e. The molecule has 1 atom stereocenters. The average Bonchev–Trinajstić information content (AvgIpc) is 2.42. The van der Waals surface area contributed by atoms with Gasteiger partial charge in [-0.05, 0) is 70.5 Å². The highest BCUT2D eigenvalue weighted by molar-refractivity contribution is 5.83. The number of carbonyl (C=O) groups is 1. The average molecular weight is 281 g/mol. The van der Waals surface area contributed by atoms with Gasteiger partial charge in [-0.15, -0.1) is 0 Å². The summed E-state index contributed by atoms with van der Waals surface area (Å²) < 4.78 is 0. The summed E-state index contributed by atoms with van der Waals surface area (Å²) >= 11 is 0. The SMILES string of the molecule is CC(N)(CCCN1CCC2(CCCCC2)CC1)C(N)=O. The third-order valence-corrected chi connectivity index (χ3v) is 5.56. The molecule has 0 bridgehead atoms. The highest BCUT2D eigenvalue weighted by Gasteiger charge is 2.35. The Morgan fingerprint density at radius 1 is 1.15 bits per heavy atom. The lowest BCUT2D eigenvalue weighted by Crippen LogP contribution is -2.49. The molecule has 1 heterocycles. The largest absolute Gasteiger partial charge is 0.368 e. The minimum atomic E-state index is -0.847. The summed E-state index contributed by atoms with van der Waals surface area (Å²) in [5.74, 6) is -0.391. The number of nitrogens with zero attached hydrogens (tertiary/aromatic N) is 1. The van der Waals surface area contributed by atoms with Crippen molar-refractivity contribution in [3.63, 3.8) is 0 Å². The van der Waals surface area contributed by atoms with Gasteiger partial charge in [-0.25, -0.2) is 0 Å². The number of hydrogen-bond donors (Lipinski definition) is 2. The van der Waals surface area contributed by atoms with Gasteiger partial charge in [-0.1, -0.05) is 19.3 Å². The maximum absolute atomic E-state index is 11.2. The lowest BCUT2D eigenvalue weighted by Gasteiger charge is -2.44. The van der Waals surface area contributed by atoms with E-state index >= 15 is 0 Å². The van der Waals surface area contributed by atoms with Crippen LogP contribution in [0.1, 0.15) is 64.7 Å². The van der Waals surface area contributed by atoms with Crippen LogP contribution in [0.5, 0.6) is 0 Å². The second-order valence-corrected chi connectivity index (χ2v) is 7.29. The fraction of sp³-hybridized carbons (Fsp3) is 0.938. The first-order valence-corrected chi connectivity index (χ1v) is 8.25. The van der Waals surface area contributed by atoms with Crippen molar-refractivity contribution in [3.05, 3.63) is 0 Å². The van der Waals surface area contributed by atoms with Gasteiger partial charge in [0.2, 0.25) is 5.91 Å². The first kappa shape index (κ1) is 15.8. The molecule has 1 saturated carbocycles. The van der Waals surface area contributed by atoms with Crippen molar-refractivity contribution in [2.24, 2.45) is 16.9 Å². The molecule has 1 amide bonds. The molecule has 4 nitrogen and oxygen atoms in total. The number of hydrogen-bond acceptors (Lipinski definition) is 3. The van der Waals surface area contributed by atoms with Crippen molar-refractivity contribution >= 4 is 5.91 Å². The topological polar surface area (TPSA) is 72.3 Å². The Morgan fingerprint density at radius 2 is 1.75 bits per heavy atom. The van der Waals surface area contributed by atoms with E-state index in [0.29, 0.717) is 11.8 Å². The zero-order valence-electron chi connectivity index (χ0n) is 13.0. The molecule has 116 valence electrons. The predicted octanol–water partition coefficient (Wildman–Crippen LogP) is 2.02. The summed E-state index contributed by atoms with van der Waals surface area (Å²) in [5.41, 5.74) is 11.0. The molecular formula is C16H31N3O. The fourth-order valence-electron chi connectivity index (χ4n) is 3.85. The summed E-state index contributed by atoms with van der Waals surface area (Å²) in [4.78, 5) is 13.7. The van der Waals surface area contributed by atoms with Crippen LogP contribution in [0.15, 0.2) is 0 Å². The Balaban J connectivity index is 1.68. The van der Waals surface area contributed by atoms with Crippen LogP contribution in [0.3, 0.4) is 0 Å². The lowest BCUT2D eigenvalue weighted by molar-refractivity contribution is -0.122. The van der Waals surface area contributed by atoms with Crippen molar-refractivity contribution in [2.45, 2.75) is 70.3 Å². The van der Waals surface area contributed by atoms with Gasteiger partial charge in [0.15, 0.2) is 0 Å². The van der Waals surface area contributed by atoms with Crippen molar-refractivity contribution in [3.8, 4) is 0 Å². The molecule has 0 aromatic carbocycles. The smallest absolute Gasteiger partial charge is 0.237 e. The number of likely N-dealkylation sites (tertiary alicyclic amines) is 1. The van der Waals surface area contributed by atoms with Gasteiger partial charge < -0.3 is 16.4 Å². The van der Waals surface area contributed by atoms with Crippen molar-refractivity contribution in [2.75, 3.05) is 19.6 Å². The van der Waals surface area contributed by atoms with E-state index in [1.165, 1.54) is 58.0 Å². The Hall–Kier alpha value is -0.610. The standard InChI is InChI=1S/C16H31N3O/c1-15(18,14(17)20)6-5-11-19-12-9-16(10-13-19)7-3-2-4-8-16/h2-13,18H2,1H3,(H2,17,20). The molecule has 2 rings (SSSR count). The molecule has 4 heteroatoms. The van der Waals surface area contributed by atoms with Gasteiger partial charge in [0.25, 0.3) is 0 Å². The molecule has 0 radical (unpaired) electrons. The van der Waals surface area contributed by atoms with Crippen LogP contribution in [0.4, 0.5) is 0 Å². The monoisotopic (exact) mass is 281 g/mol. The van der Waals surface area contributed by atoms with Crippen LogP contribution in [-0.2, 0) is 4.79 Å². The van der Waals surface area contributed by atoms with Crippen molar-refractivity contribution in [1.82, 2.24) is 4.90 Å². The molecule has 0 aromatic rings. The molecule has 0 aromatic heterocycles. The van der Waals surface area contributed by atoms with E-state index in [-0.39, 0.29) is 0 Å². The molecule has 1 spiro atoms. The van der Waals surface area contributed by atoms with E-state index < -0.39 is 11.4 Å². The Bertz CT molecular complexity index is 325. The van der Waals surface area contributed by atoms with Crippen LogP contribution < -0.4 is 11.5 Å². The highest BCUT2D eigenvalue weighted by atomic mass is 16.1. The summed E-state index contributed by atoms with van der Waals surface area (Å²) in [6.45, 7) is 5.23. The van der Waals surface area contributed by atoms with Crippen LogP contribution >= 0.6 is 0 Å². The number of carbonyl (C=O) groups excluding carboxylic acids is 1. The van der Waals surface area contributed by atoms with Gasteiger partial charge in [-0.2, -0.15) is 0 Å². The third-order valence-electron chi connectivity index (χ3n) is 5.56. The van der Waals surface area contributed by atoms with E-state index in [1.807, 2.05) is 0 Å². The number of piperidine rings is 1. The quantitative estimate of drug-likeness (QED) is 0.809. The third kappa shape index (κ3) is 3.95. The summed E-state index contributed by atoms with van der Waals surface area (Å²) in [5, 5.41) is 0. The van der Waals surface area contributed by atoms with Crippen LogP contribution in [0.2, 0.25) is 0 Å². The van der Waals surface area contributed by atoms with Gasteiger partial charge in [-0.3, -0.25) is 4.79 Å². The molecular weight excluding hydrogens is 250 g/mol. The van der Waals surface area contributed by atoms with Crippen molar-refractivity contribution in [1.29, 1.82) is 0 Å². The second kappa shape index (κ2) is 6.44. The lowest BCUT2D eigenvalue weighted by atomic mass is 9.68. The summed E-state index contributed by atoms with van der Waals surface area (Å²) in [6.07, 6.45) is 11.6.